The van der Waals surface area contributed by atoms with E-state index in [4.69, 9.17) is 4.74 Å². The Kier molecular flexibility index (Phi) is 3.82. The summed E-state index contributed by atoms with van der Waals surface area (Å²) >= 11 is 0. The van der Waals surface area contributed by atoms with E-state index in [9.17, 15) is 4.79 Å². The fourth-order valence-corrected chi connectivity index (χ4v) is 2.83. The van der Waals surface area contributed by atoms with E-state index in [2.05, 4.69) is 15.5 Å². The predicted molar refractivity (Wildman–Crippen MR) is 68.3 cm³/mol. The Morgan fingerprint density at radius 1 is 1.39 bits per heavy atom. The van der Waals surface area contributed by atoms with Crippen LogP contribution < -0.4 is 10.6 Å². The van der Waals surface area contributed by atoms with Gasteiger partial charge in [0.1, 0.15) is 6.04 Å². The van der Waals surface area contributed by atoms with Crippen LogP contribution in [0, 0.1) is 5.92 Å². The summed E-state index contributed by atoms with van der Waals surface area (Å²) in [6.07, 6.45) is 3.52. The van der Waals surface area contributed by atoms with Crippen LogP contribution in [0.4, 0.5) is 0 Å². The van der Waals surface area contributed by atoms with Crippen molar-refractivity contribution < 1.29 is 9.53 Å². The van der Waals surface area contributed by atoms with Gasteiger partial charge in [0, 0.05) is 19.1 Å². The van der Waals surface area contributed by atoms with Crippen LogP contribution in [0.25, 0.3) is 0 Å². The molecule has 0 aromatic heterocycles. The molecular formula is C13H23N3O2. The number of hydrogen-bond acceptors (Lipinski definition) is 4. The number of rotatable bonds is 4. The SMILES string of the molecule is O=C(NC1CC1)C1COCCN1CC1CCNC1. The average molecular weight is 253 g/mol. The van der Waals surface area contributed by atoms with Crippen molar-refractivity contribution >= 4 is 5.91 Å². The van der Waals surface area contributed by atoms with Crippen LogP contribution in [0.5, 0.6) is 0 Å². The minimum absolute atomic E-state index is 0.0695. The highest BCUT2D eigenvalue weighted by Crippen LogP contribution is 2.20. The number of ether oxygens (including phenoxy) is 1. The Morgan fingerprint density at radius 2 is 2.28 bits per heavy atom. The molecule has 0 aromatic rings. The van der Waals surface area contributed by atoms with Gasteiger partial charge in [-0.1, -0.05) is 0 Å². The molecule has 0 spiro atoms. The summed E-state index contributed by atoms with van der Waals surface area (Å²) in [6.45, 7) is 5.44. The van der Waals surface area contributed by atoms with Gasteiger partial charge < -0.3 is 15.4 Å². The maximum Gasteiger partial charge on any atom is 0.239 e. The summed E-state index contributed by atoms with van der Waals surface area (Å²) in [5, 5.41) is 6.49. The fourth-order valence-electron chi connectivity index (χ4n) is 2.83. The first-order chi connectivity index (χ1) is 8.83. The Bertz CT molecular complexity index is 301. The quantitative estimate of drug-likeness (QED) is 0.714. The zero-order valence-corrected chi connectivity index (χ0v) is 10.9. The molecule has 2 N–H and O–H groups in total. The summed E-state index contributed by atoms with van der Waals surface area (Å²) in [4.78, 5) is 14.5. The first kappa shape index (κ1) is 12.4. The number of hydrogen-bond donors (Lipinski definition) is 2. The van der Waals surface area contributed by atoms with E-state index in [1.807, 2.05) is 0 Å². The van der Waals surface area contributed by atoms with Gasteiger partial charge in [0.15, 0.2) is 0 Å². The normalized spacial score (nSPS) is 33.6. The van der Waals surface area contributed by atoms with Crippen LogP contribution in [-0.4, -0.2) is 62.3 Å². The molecule has 0 radical (unpaired) electrons. The summed E-state index contributed by atoms with van der Waals surface area (Å²) in [6, 6.07) is 0.370. The van der Waals surface area contributed by atoms with E-state index >= 15 is 0 Å². The lowest BCUT2D eigenvalue weighted by Gasteiger charge is -2.36. The summed E-state index contributed by atoms with van der Waals surface area (Å²) in [5.74, 6) is 0.863. The third kappa shape index (κ3) is 3.02. The molecule has 1 aliphatic carbocycles. The zero-order valence-electron chi connectivity index (χ0n) is 10.9. The lowest BCUT2D eigenvalue weighted by molar-refractivity contribution is -0.133. The number of carbonyl (C=O) groups is 1. The lowest BCUT2D eigenvalue weighted by atomic mass is 10.1. The summed E-state index contributed by atoms with van der Waals surface area (Å²) < 4.78 is 5.48. The topological polar surface area (TPSA) is 53.6 Å². The molecule has 102 valence electrons. The maximum atomic E-state index is 12.2. The molecule has 1 saturated carbocycles. The Labute approximate surface area is 108 Å². The van der Waals surface area contributed by atoms with Crippen molar-refractivity contribution in [1.82, 2.24) is 15.5 Å². The highest BCUT2D eigenvalue weighted by atomic mass is 16.5. The number of carbonyl (C=O) groups excluding carboxylic acids is 1. The van der Waals surface area contributed by atoms with E-state index in [-0.39, 0.29) is 11.9 Å². The van der Waals surface area contributed by atoms with Crippen molar-refractivity contribution in [2.45, 2.75) is 31.3 Å². The van der Waals surface area contributed by atoms with Crippen LogP contribution in [0.15, 0.2) is 0 Å². The van der Waals surface area contributed by atoms with Gasteiger partial charge in [-0.25, -0.2) is 0 Å². The molecule has 2 saturated heterocycles. The molecule has 0 bridgehead atoms. The first-order valence-electron chi connectivity index (χ1n) is 7.16. The molecular weight excluding hydrogens is 230 g/mol. The maximum absolute atomic E-state index is 12.2. The van der Waals surface area contributed by atoms with E-state index in [0.29, 0.717) is 18.6 Å². The third-order valence-corrected chi connectivity index (χ3v) is 4.12. The second-order valence-electron chi connectivity index (χ2n) is 5.73. The smallest absolute Gasteiger partial charge is 0.239 e. The summed E-state index contributed by atoms with van der Waals surface area (Å²) in [7, 11) is 0. The van der Waals surface area contributed by atoms with Crippen molar-refractivity contribution in [2.75, 3.05) is 39.4 Å². The molecule has 18 heavy (non-hydrogen) atoms. The highest BCUT2D eigenvalue weighted by Gasteiger charge is 2.34. The van der Waals surface area contributed by atoms with Crippen molar-refractivity contribution in [3.8, 4) is 0 Å². The molecule has 5 heteroatoms. The molecule has 2 aliphatic heterocycles. The molecule has 3 fully saturated rings. The molecule has 0 aromatic carbocycles. The summed E-state index contributed by atoms with van der Waals surface area (Å²) in [5.41, 5.74) is 0. The van der Waals surface area contributed by atoms with Gasteiger partial charge >= 0.3 is 0 Å². The van der Waals surface area contributed by atoms with Crippen LogP contribution >= 0.6 is 0 Å². The largest absolute Gasteiger partial charge is 0.378 e. The van der Waals surface area contributed by atoms with Crippen molar-refractivity contribution in [3.63, 3.8) is 0 Å². The predicted octanol–water partition coefficient (Wildman–Crippen LogP) is -0.425. The highest BCUT2D eigenvalue weighted by molar-refractivity contribution is 5.82. The number of nitrogens with zero attached hydrogens (tertiary/aromatic N) is 1. The van der Waals surface area contributed by atoms with Gasteiger partial charge in [0.25, 0.3) is 0 Å². The fraction of sp³-hybridized carbons (Fsp3) is 0.923. The monoisotopic (exact) mass is 253 g/mol. The molecule has 1 amide bonds. The third-order valence-electron chi connectivity index (χ3n) is 4.12. The van der Waals surface area contributed by atoms with Crippen LogP contribution in [0.3, 0.4) is 0 Å². The van der Waals surface area contributed by atoms with Gasteiger partial charge in [-0.05, 0) is 38.3 Å². The molecule has 2 heterocycles. The second kappa shape index (κ2) is 5.55. The number of amides is 1. The Balaban J connectivity index is 1.55. The molecule has 3 aliphatic rings. The van der Waals surface area contributed by atoms with Crippen molar-refractivity contribution in [3.05, 3.63) is 0 Å². The molecule has 3 rings (SSSR count). The standard InChI is InChI=1S/C13H23N3O2/c17-13(15-11-1-2-11)12-9-18-6-5-16(12)8-10-3-4-14-7-10/h10-12,14H,1-9H2,(H,15,17). The minimum atomic E-state index is -0.0695. The number of nitrogens with one attached hydrogen (secondary N) is 2. The van der Waals surface area contributed by atoms with Crippen molar-refractivity contribution in [2.24, 2.45) is 5.92 Å². The van der Waals surface area contributed by atoms with Gasteiger partial charge in [-0.15, -0.1) is 0 Å². The van der Waals surface area contributed by atoms with Crippen LogP contribution in [-0.2, 0) is 9.53 Å². The van der Waals surface area contributed by atoms with E-state index in [1.54, 1.807) is 0 Å². The van der Waals surface area contributed by atoms with Gasteiger partial charge in [0.05, 0.1) is 13.2 Å². The molecule has 2 atom stereocenters. The van der Waals surface area contributed by atoms with Crippen LogP contribution in [0.2, 0.25) is 0 Å². The van der Waals surface area contributed by atoms with E-state index in [1.165, 1.54) is 6.42 Å². The average Bonchev–Trinajstić information content (AvgIpc) is 3.04. The van der Waals surface area contributed by atoms with Gasteiger partial charge in [0.2, 0.25) is 5.91 Å². The Hall–Kier alpha value is -0.650. The molecule has 2 unspecified atom stereocenters. The lowest BCUT2D eigenvalue weighted by Crippen LogP contribution is -2.55. The molecule has 5 nitrogen and oxygen atoms in total. The number of morpholine rings is 1. The Morgan fingerprint density at radius 3 is 3.00 bits per heavy atom. The van der Waals surface area contributed by atoms with Gasteiger partial charge in [-0.2, -0.15) is 0 Å². The first-order valence-corrected chi connectivity index (χ1v) is 7.16. The van der Waals surface area contributed by atoms with Crippen LogP contribution in [0.1, 0.15) is 19.3 Å². The zero-order chi connectivity index (χ0) is 12.4. The van der Waals surface area contributed by atoms with Gasteiger partial charge in [-0.3, -0.25) is 9.69 Å². The van der Waals surface area contributed by atoms with Crippen molar-refractivity contribution in [1.29, 1.82) is 0 Å². The minimum Gasteiger partial charge on any atom is -0.378 e. The van der Waals surface area contributed by atoms with E-state index < -0.39 is 0 Å². The second-order valence-corrected chi connectivity index (χ2v) is 5.73. The van der Waals surface area contributed by atoms with E-state index in [0.717, 1.165) is 45.6 Å².